The van der Waals surface area contributed by atoms with Crippen LogP contribution < -0.4 is 10.5 Å². The van der Waals surface area contributed by atoms with Gasteiger partial charge in [-0.25, -0.2) is 13.1 Å². The highest BCUT2D eigenvalue weighted by molar-refractivity contribution is 7.89. The topological polar surface area (TPSA) is 81.4 Å². The second kappa shape index (κ2) is 5.36. The molecule has 1 aliphatic rings. The largest absolute Gasteiger partial charge is 0.377 e. The molecule has 0 saturated carbocycles. The van der Waals surface area contributed by atoms with Gasteiger partial charge >= 0.3 is 0 Å². The SMILES string of the molecule is CC1OCCC1NS(=O)(=O)c1cccc(CN)c1. The molecule has 0 radical (unpaired) electrons. The lowest BCUT2D eigenvalue weighted by molar-refractivity contribution is 0.117. The summed E-state index contributed by atoms with van der Waals surface area (Å²) < 4.78 is 32.4. The molecule has 0 aliphatic carbocycles. The number of hydrogen-bond donors (Lipinski definition) is 2. The average Bonchev–Trinajstić information content (AvgIpc) is 2.74. The van der Waals surface area contributed by atoms with Crippen LogP contribution in [0.15, 0.2) is 29.2 Å². The highest BCUT2D eigenvalue weighted by Gasteiger charge is 2.29. The van der Waals surface area contributed by atoms with Crippen LogP contribution in [-0.4, -0.2) is 27.2 Å². The number of nitrogens with one attached hydrogen (secondary N) is 1. The summed E-state index contributed by atoms with van der Waals surface area (Å²) in [6.07, 6.45) is 0.620. The van der Waals surface area contributed by atoms with E-state index in [1.807, 2.05) is 6.92 Å². The third-order valence-corrected chi connectivity index (χ3v) is 4.61. The first kappa shape index (κ1) is 13.5. The first-order chi connectivity index (χ1) is 8.53. The lowest BCUT2D eigenvalue weighted by atomic mass is 10.2. The van der Waals surface area contributed by atoms with E-state index in [0.29, 0.717) is 19.6 Å². The summed E-state index contributed by atoms with van der Waals surface area (Å²) >= 11 is 0. The Morgan fingerprint density at radius 1 is 1.50 bits per heavy atom. The van der Waals surface area contributed by atoms with E-state index in [2.05, 4.69) is 4.72 Å². The Morgan fingerprint density at radius 2 is 2.28 bits per heavy atom. The van der Waals surface area contributed by atoms with E-state index in [1.54, 1.807) is 24.3 Å². The van der Waals surface area contributed by atoms with Gasteiger partial charge in [0.25, 0.3) is 0 Å². The van der Waals surface area contributed by atoms with E-state index >= 15 is 0 Å². The lowest BCUT2D eigenvalue weighted by Gasteiger charge is -2.16. The molecule has 2 unspecified atom stereocenters. The molecule has 0 amide bonds. The predicted octanol–water partition coefficient (Wildman–Crippen LogP) is 0.601. The van der Waals surface area contributed by atoms with Crippen molar-refractivity contribution < 1.29 is 13.2 Å². The molecule has 1 aromatic carbocycles. The molecule has 1 saturated heterocycles. The van der Waals surface area contributed by atoms with Gasteiger partial charge in [0.05, 0.1) is 17.0 Å². The van der Waals surface area contributed by atoms with Crippen molar-refractivity contribution in [2.45, 2.75) is 36.9 Å². The third-order valence-electron chi connectivity index (χ3n) is 3.13. The molecule has 0 bridgehead atoms. The lowest BCUT2D eigenvalue weighted by Crippen LogP contribution is -2.39. The molecular weight excluding hydrogens is 252 g/mol. The molecule has 100 valence electrons. The summed E-state index contributed by atoms with van der Waals surface area (Å²) in [5, 5.41) is 0. The molecule has 1 heterocycles. The molecule has 3 N–H and O–H groups in total. The van der Waals surface area contributed by atoms with Gasteiger partial charge < -0.3 is 10.5 Å². The number of rotatable bonds is 4. The minimum atomic E-state index is -3.49. The molecule has 1 aliphatic heterocycles. The molecule has 1 fully saturated rings. The molecule has 18 heavy (non-hydrogen) atoms. The van der Waals surface area contributed by atoms with Gasteiger partial charge in [-0.2, -0.15) is 0 Å². The number of hydrogen-bond acceptors (Lipinski definition) is 4. The molecular formula is C12H18N2O3S. The normalized spacial score (nSPS) is 24.3. The number of ether oxygens (including phenoxy) is 1. The summed E-state index contributed by atoms with van der Waals surface area (Å²) in [7, 11) is -3.49. The highest BCUT2D eigenvalue weighted by atomic mass is 32.2. The van der Waals surface area contributed by atoms with Crippen LogP contribution in [-0.2, 0) is 21.3 Å². The van der Waals surface area contributed by atoms with Crippen molar-refractivity contribution in [3.8, 4) is 0 Å². The van der Waals surface area contributed by atoms with E-state index in [0.717, 1.165) is 5.56 Å². The van der Waals surface area contributed by atoms with Crippen LogP contribution in [0.25, 0.3) is 0 Å². The maximum atomic E-state index is 12.2. The standard InChI is InChI=1S/C12H18N2O3S/c1-9-12(5-6-17-9)14-18(15,16)11-4-2-3-10(7-11)8-13/h2-4,7,9,12,14H,5-6,8,13H2,1H3. The van der Waals surface area contributed by atoms with Crippen LogP contribution in [0.3, 0.4) is 0 Å². The van der Waals surface area contributed by atoms with E-state index in [-0.39, 0.29) is 17.0 Å². The quantitative estimate of drug-likeness (QED) is 0.839. The Bertz CT molecular complexity index is 516. The minimum absolute atomic E-state index is 0.0857. The van der Waals surface area contributed by atoms with Crippen LogP contribution in [0.4, 0.5) is 0 Å². The Balaban J connectivity index is 2.19. The van der Waals surface area contributed by atoms with Crippen LogP contribution in [0, 0.1) is 0 Å². The van der Waals surface area contributed by atoms with Crippen molar-refractivity contribution in [3.63, 3.8) is 0 Å². The molecule has 6 heteroatoms. The summed E-state index contributed by atoms with van der Waals surface area (Å²) in [6.45, 7) is 2.79. The van der Waals surface area contributed by atoms with Gasteiger partial charge in [-0.15, -0.1) is 0 Å². The third kappa shape index (κ3) is 2.89. The molecule has 0 aromatic heterocycles. The van der Waals surface area contributed by atoms with Gasteiger partial charge in [-0.3, -0.25) is 0 Å². The van der Waals surface area contributed by atoms with Gasteiger partial charge in [0.2, 0.25) is 10.0 Å². The van der Waals surface area contributed by atoms with Gasteiger partial charge in [-0.1, -0.05) is 12.1 Å². The van der Waals surface area contributed by atoms with Crippen molar-refractivity contribution in [2.75, 3.05) is 6.61 Å². The predicted molar refractivity (Wildman–Crippen MR) is 68.5 cm³/mol. The zero-order chi connectivity index (χ0) is 13.2. The van der Waals surface area contributed by atoms with Crippen LogP contribution in [0.5, 0.6) is 0 Å². The Labute approximate surface area is 107 Å². The van der Waals surface area contributed by atoms with Gasteiger partial charge in [-0.05, 0) is 31.0 Å². The summed E-state index contributed by atoms with van der Waals surface area (Å²) in [6, 6.07) is 6.52. The molecule has 0 spiro atoms. The second-order valence-electron chi connectivity index (χ2n) is 4.44. The Morgan fingerprint density at radius 3 is 2.89 bits per heavy atom. The van der Waals surface area contributed by atoms with Crippen molar-refractivity contribution in [1.82, 2.24) is 4.72 Å². The van der Waals surface area contributed by atoms with Gasteiger partial charge in [0, 0.05) is 13.2 Å². The van der Waals surface area contributed by atoms with E-state index in [1.165, 1.54) is 0 Å². The molecule has 2 rings (SSSR count). The van der Waals surface area contributed by atoms with Crippen molar-refractivity contribution >= 4 is 10.0 Å². The monoisotopic (exact) mass is 270 g/mol. The Hall–Kier alpha value is -0.950. The van der Waals surface area contributed by atoms with E-state index in [4.69, 9.17) is 10.5 Å². The van der Waals surface area contributed by atoms with E-state index in [9.17, 15) is 8.42 Å². The van der Waals surface area contributed by atoms with Crippen molar-refractivity contribution in [2.24, 2.45) is 5.73 Å². The number of sulfonamides is 1. The van der Waals surface area contributed by atoms with Crippen LogP contribution >= 0.6 is 0 Å². The summed E-state index contributed by atoms with van der Waals surface area (Å²) in [5.41, 5.74) is 6.31. The van der Waals surface area contributed by atoms with Gasteiger partial charge in [0.1, 0.15) is 0 Å². The molecule has 2 atom stereocenters. The van der Waals surface area contributed by atoms with E-state index < -0.39 is 10.0 Å². The van der Waals surface area contributed by atoms with Crippen LogP contribution in [0.2, 0.25) is 0 Å². The minimum Gasteiger partial charge on any atom is -0.377 e. The Kier molecular flexibility index (Phi) is 4.01. The highest BCUT2D eigenvalue weighted by Crippen LogP contribution is 2.17. The summed E-state index contributed by atoms with van der Waals surface area (Å²) in [4.78, 5) is 0.254. The molecule has 1 aromatic rings. The first-order valence-electron chi connectivity index (χ1n) is 5.96. The zero-order valence-corrected chi connectivity index (χ0v) is 11.1. The van der Waals surface area contributed by atoms with Crippen LogP contribution in [0.1, 0.15) is 18.9 Å². The fraction of sp³-hybridized carbons (Fsp3) is 0.500. The second-order valence-corrected chi connectivity index (χ2v) is 6.16. The van der Waals surface area contributed by atoms with Crippen molar-refractivity contribution in [1.29, 1.82) is 0 Å². The zero-order valence-electron chi connectivity index (χ0n) is 10.3. The maximum absolute atomic E-state index is 12.2. The maximum Gasteiger partial charge on any atom is 0.240 e. The number of benzene rings is 1. The van der Waals surface area contributed by atoms with Gasteiger partial charge in [0.15, 0.2) is 0 Å². The smallest absolute Gasteiger partial charge is 0.240 e. The fourth-order valence-electron chi connectivity index (χ4n) is 1.99. The average molecular weight is 270 g/mol. The summed E-state index contributed by atoms with van der Waals surface area (Å²) in [5.74, 6) is 0. The van der Waals surface area contributed by atoms with Crippen molar-refractivity contribution in [3.05, 3.63) is 29.8 Å². The number of nitrogens with two attached hydrogens (primary N) is 1. The fourth-order valence-corrected chi connectivity index (χ4v) is 3.40. The molecule has 5 nitrogen and oxygen atoms in total. The first-order valence-corrected chi connectivity index (χ1v) is 7.44.